The number of carbonyl (C=O) groups is 1. The first-order valence-electron chi connectivity index (χ1n) is 6.35. The second kappa shape index (κ2) is 6.35. The van der Waals surface area contributed by atoms with Gasteiger partial charge in [0.2, 0.25) is 11.1 Å². The van der Waals surface area contributed by atoms with Gasteiger partial charge >= 0.3 is 0 Å². The fourth-order valence-corrected chi connectivity index (χ4v) is 2.36. The lowest BCUT2D eigenvalue weighted by atomic mass is 10.2. The molecule has 3 rings (SSSR count). The number of rotatable bonds is 5. The molecule has 112 valence electrons. The highest BCUT2D eigenvalue weighted by atomic mass is 32.2. The van der Waals surface area contributed by atoms with Crippen molar-refractivity contribution in [1.29, 1.82) is 0 Å². The Balaban J connectivity index is 1.65. The van der Waals surface area contributed by atoms with Gasteiger partial charge in [-0.15, -0.1) is 15.3 Å². The average Bonchev–Trinajstić information content (AvgIpc) is 3.17. The second-order valence-corrected chi connectivity index (χ2v) is 5.34. The topological polar surface area (TPSA) is 103 Å². The third-order valence-electron chi connectivity index (χ3n) is 2.72. The fraction of sp³-hybridized carbons (Fsp3) is 0.167. The van der Waals surface area contributed by atoms with E-state index in [9.17, 15) is 4.79 Å². The molecule has 0 spiro atoms. The number of aryl methyl sites for hydroxylation is 1. The normalized spacial score (nSPS) is 10.6. The van der Waals surface area contributed by atoms with Gasteiger partial charge in [0.1, 0.15) is 12.7 Å². The van der Waals surface area contributed by atoms with Crippen LogP contribution in [-0.2, 0) is 4.79 Å². The molecule has 22 heavy (non-hydrogen) atoms. The van der Waals surface area contributed by atoms with E-state index in [1.54, 1.807) is 4.68 Å². The van der Waals surface area contributed by atoms with Gasteiger partial charge in [0, 0.05) is 0 Å². The Morgan fingerprint density at radius 1 is 1.23 bits per heavy atom. The van der Waals surface area contributed by atoms with Crippen molar-refractivity contribution in [3.05, 3.63) is 42.5 Å². The van der Waals surface area contributed by atoms with E-state index in [1.165, 1.54) is 29.1 Å². The van der Waals surface area contributed by atoms with Gasteiger partial charge in [-0.2, -0.15) is 4.68 Å². The first-order chi connectivity index (χ1) is 10.7. The Kier molecular flexibility index (Phi) is 4.10. The smallest absolute Gasteiger partial charge is 0.249 e. The summed E-state index contributed by atoms with van der Waals surface area (Å²) >= 11 is 1.24. The lowest BCUT2D eigenvalue weighted by Crippen LogP contribution is -2.23. The highest BCUT2D eigenvalue weighted by Gasteiger charge is 2.11. The molecule has 0 radical (unpaired) electrons. The highest BCUT2D eigenvalue weighted by molar-refractivity contribution is 7.99. The standard InChI is InChI=1S/C12H12N8OS/c1-9-2-4-10(5-3-9)20-12(15-17-18-20)22-6-11(21)16-19-7-13-14-8-19/h2-5,7-8H,6H2,1H3,(H,16,21). The largest absolute Gasteiger partial charge is 0.272 e. The highest BCUT2D eigenvalue weighted by Crippen LogP contribution is 2.18. The summed E-state index contributed by atoms with van der Waals surface area (Å²) in [6.07, 6.45) is 2.80. The number of amides is 1. The van der Waals surface area contributed by atoms with Crippen LogP contribution < -0.4 is 5.43 Å². The van der Waals surface area contributed by atoms with Crippen molar-refractivity contribution in [2.24, 2.45) is 0 Å². The SMILES string of the molecule is Cc1ccc(-n2nnnc2SCC(=O)Nn2cnnc2)cc1. The zero-order valence-corrected chi connectivity index (χ0v) is 12.4. The summed E-state index contributed by atoms with van der Waals surface area (Å²) in [5.74, 6) is -0.0343. The van der Waals surface area contributed by atoms with Gasteiger partial charge in [0.05, 0.1) is 11.4 Å². The quantitative estimate of drug-likeness (QED) is 0.680. The zero-order valence-electron chi connectivity index (χ0n) is 11.6. The Morgan fingerprint density at radius 3 is 2.68 bits per heavy atom. The Labute approximate surface area is 129 Å². The van der Waals surface area contributed by atoms with Gasteiger partial charge in [0.15, 0.2) is 0 Å². The van der Waals surface area contributed by atoms with E-state index in [-0.39, 0.29) is 11.7 Å². The fourth-order valence-electron chi connectivity index (χ4n) is 1.68. The van der Waals surface area contributed by atoms with Crippen LogP contribution in [0.15, 0.2) is 42.1 Å². The van der Waals surface area contributed by atoms with Gasteiger partial charge in [0.25, 0.3) is 0 Å². The van der Waals surface area contributed by atoms with Gasteiger partial charge < -0.3 is 0 Å². The summed E-state index contributed by atoms with van der Waals surface area (Å²) < 4.78 is 2.97. The summed E-state index contributed by atoms with van der Waals surface area (Å²) in [5.41, 5.74) is 4.60. The van der Waals surface area contributed by atoms with Crippen molar-refractivity contribution < 1.29 is 4.79 Å². The monoisotopic (exact) mass is 316 g/mol. The number of thioether (sulfide) groups is 1. The van der Waals surface area contributed by atoms with E-state index < -0.39 is 0 Å². The molecule has 3 aromatic rings. The lowest BCUT2D eigenvalue weighted by Gasteiger charge is -2.05. The lowest BCUT2D eigenvalue weighted by molar-refractivity contribution is -0.114. The second-order valence-electron chi connectivity index (χ2n) is 4.40. The molecule has 0 aliphatic heterocycles. The minimum atomic E-state index is -0.205. The van der Waals surface area contributed by atoms with Crippen molar-refractivity contribution >= 4 is 17.7 Å². The molecule has 10 heteroatoms. The van der Waals surface area contributed by atoms with E-state index in [4.69, 9.17) is 0 Å². The molecule has 1 amide bonds. The van der Waals surface area contributed by atoms with Crippen molar-refractivity contribution in [1.82, 2.24) is 35.1 Å². The molecule has 0 unspecified atom stereocenters. The molecule has 1 N–H and O–H groups in total. The molecule has 0 saturated heterocycles. The summed E-state index contributed by atoms with van der Waals surface area (Å²) in [4.78, 5) is 11.8. The number of aromatic nitrogens is 7. The average molecular weight is 316 g/mol. The van der Waals surface area contributed by atoms with Crippen LogP contribution in [0.1, 0.15) is 5.56 Å². The van der Waals surface area contributed by atoms with Crippen LogP contribution in [0, 0.1) is 6.92 Å². The van der Waals surface area contributed by atoms with Crippen LogP contribution in [0.4, 0.5) is 0 Å². The van der Waals surface area contributed by atoms with Crippen LogP contribution in [0.25, 0.3) is 5.69 Å². The summed E-state index contributed by atoms with van der Waals surface area (Å²) in [5, 5.41) is 19.3. The minimum absolute atomic E-state index is 0.171. The Bertz CT molecular complexity index is 752. The molecule has 9 nitrogen and oxygen atoms in total. The van der Waals surface area contributed by atoms with Gasteiger partial charge in [-0.05, 0) is 29.5 Å². The molecular formula is C12H12N8OS. The van der Waals surface area contributed by atoms with E-state index in [1.807, 2.05) is 31.2 Å². The van der Waals surface area contributed by atoms with Crippen LogP contribution >= 0.6 is 11.8 Å². The number of nitrogens with one attached hydrogen (secondary N) is 1. The molecule has 2 heterocycles. The number of hydrogen-bond donors (Lipinski definition) is 1. The zero-order chi connectivity index (χ0) is 15.4. The summed E-state index contributed by atoms with van der Waals surface area (Å²) in [6.45, 7) is 2.01. The number of benzene rings is 1. The maximum atomic E-state index is 11.8. The van der Waals surface area contributed by atoms with E-state index in [0.29, 0.717) is 5.16 Å². The van der Waals surface area contributed by atoms with Crippen molar-refractivity contribution in [2.75, 3.05) is 11.2 Å². The summed E-state index contributed by atoms with van der Waals surface area (Å²) in [7, 11) is 0. The van der Waals surface area contributed by atoms with Gasteiger partial charge in [-0.1, -0.05) is 29.5 Å². The molecule has 0 bridgehead atoms. The number of carbonyl (C=O) groups excluding carboxylic acids is 1. The Hall–Kier alpha value is -2.75. The van der Waals surface area contributed by atoms with Crippen molar-refractivity contribution in [2.45, 2.75) is 12.1 Å². The molecule has 0 fully saturated rings. The van der Waals surface area contributed by atoms with Gasteiger partial charge in [-0.3, -0.25) is 10.2 Å². The van der Waals surface area contributed by atoms with Crippen LogP contribution in [0.2, 0.25) is 0 Å². The molecule has 2 aromatic heterocycles. The first kappa shape index (κ1) is 14.2. The molecule has 0 aliphatic carbocycles. The Morgan fingerprint density at radius 2 is 1.95 bits per heavy atom. The maximum Gasteiger partial charge on any atom is 0.249 e. The van der Waals surface area contributed by atoms with Gasteiger partial charge in [-0.25, -0.2) is 4.68 Å². The van der Waals surface area contributed by atoms with E-state index in [0.717, 1.165) is 11.3 Å². The predicted molar refractivity (Wildman–Crippen MR) is 79.0 cm³/mol. The molecule has 0 saturated carbocycles. The summed E-state index contributed by atoms with van der Waals surface area (Å²) in [6, 6.07) is 7.80. The van der Waals surface area contributed by atoms with Crippen LogP contribution in [-0.4, -0.2) is 46.7 Å². The van der Waals surface area contributed by atoms with E-state index in [2.05, 4.69) is 31.1 Å². The molecular weight excluding hydrogens is 304 g/mol. The third-order valence-corrected chi connectivity index (χ3v) is 3.64. The van der Waals surface area contributed by atoms with Crippen molar-refractivity contribution in [3.8, 4) is 5.69 Å². The predicted octanol–water partition coefficient (Wildman–Crippen LogP) is 0.425. The van der Waals surface area contributed by atoms with E-state index >= 15 is 0 Å². The minimum Gasteiger partial charge on any atom is -0.272 e. The van der Waals surface area contributed by atoms with Crippen molar-refractivity contribution in [3.63, 3.8) is 0 Å². The van der Waals surface area contributed by atoms with Crippen LogP contribution in [0.5, 0.6) is 0 Å². The van der Waals surface area contributed by atoms with Crippen LogP contribution in [0.3, 0.4) is 0 Å². The number of nitrogens with zero attached hydrogens (tertiary/aromatic N) is 7. The number of hydrogen-bond acceptors (Lipinski definition) is 7. The molecule has 0 aliphatic rings. The molecule has 0 atom stereocenters. The third kappa shape index (κ3) is 3.28. The number of tetrazole rings is 1. The first-order valence-corrected chi connectivity index (χ1v) is 7.33. The maximum absolute atomic E-state index is 11.8. The molecule has 1 aromatic carbocycles.